The fourth-order valence-electron chi connectivity index (χ4n) is 6.61. The molecule has 9 heteroatoms. The van der Waals surface area contributed by atoms with Crippen molar-refractivity contribution in [2.45, 2.75) is 0 Å². The molecule has 3 heterocycles. The molecule has 0 unspecified atom stereocenters. The van der Waals surface area contributed by atoms with E-state index in [2.05, 4.69) is 67.0 Å². The molecule has 10 rings (SSSR count). The van der Waals surface area contributed by atoms with Gasteiger partial charge in [-0.15, -0.1) is 30.6 Å². The van der Waals surface area contributed by atoms with Crippen LogP contribution in [0.15, 0.2) is 171 Å². The first-order valence-corrected chi connectivity index (χ1v) is 17.0. The van der Waals surface area contributed by atoms with Crippen LogP contribution in [0.2, 0.25) is 0 Å². The fourth-order valence-corrected chi connectivity index (χ4v) is 6.61. The number of benzene rings is 7. The molecular formula is C44H26N6O3. The fraction of sp³-hybridized carbons (Fsp3) is 0. The minimum Gasteiger partial charge on any atom is -0.416 e. The van der Waals surface area contributed by atoms with Crippen LogP contribution in [0.25, 0.3) is 101 Å². The summed E-state index contributed by atoms with van der Waals surface area (Å²) < 4.78 is 18.9. The average molecular weight is 687 g/mol. The lowest BCUT2D eigenvalue weighted by Crippen LogP contribution is -1.87. The molecule has 0 radical (unpaired) electrons. The first kappa shape index (κ1) is 30.3. The second-order valence-corrected chi connectivity index (χ2v) is 12.5. The van der Waals surface area contributed by atoms with Crippen LogP contribution < -0.4 is 0 Å². The van der Waals surface area contributed by atoms with E-state index in [-0.39, 0.29) is 0 Å². The smallest absolute Gasteiger partial charge is 0.248 e. The minimum absolute atomic E-state index is 0.304. The Kier molecular flexibility index (Phi) is 7.25. The Morgan fingerprint density at radius 3 is 1.13 bits per heavy atom. The first-order chi connectivity index (χ1) is 26.2. The third-order valence-electron chi connectivity index (χ3n) is 9.23. The van der Waals surface area contributed by atoms with Crippen LogP contribution in [0.3, 0.4) is 0 Å². The predicted molar refractivity (Wildman–Crippen MR) is 203 cm³/mol. The zero-order valence-corrected chi connectivity index (χ0v) is 27.9. The lowest BCUT2D eigenvalue weighted by Gasteiger charge is -2.04. The van der Waals surface area contributed by atoms with Gasteiger partial charge in [-0.3, -0.25) is 0 Å². The van der Waals surface area contributed by atoms with Gasteiger partial charge in [-0.1, -0.05) is 115 Å². The van der Waals surface area contributed by atoms with Crippen molar-refractivity contribution in [2.75, 3.05) is 0 Å². The number of hydrogen-bond acceptors (Lipinski definition) is 9. The Morgan fingerprint density at radius 2 is 0.623 bits per heavy atom. The summed E-state index contributed by atoms with van der Waals surface area (Å²) in [5.41, 5.74) is 6.56. The Hall–Kier alpha value is -7.52. The number of fused-ring (bicyclic) bond motifs is 2. The van der Waals surface area contributed by atoms with Gasteiger partial charge in [-0.05, 0) is 75.1 Å². The molecule has 0 atom stereocenters. The lowest BCUT2D eigenvalue weighted by molar-refractivity contribution is 0.581. The van der Waals surface area contributed by atoms with E-state index in [1.807, 2.05) is 121 Å². The molecule has 0 spiro atoms. The van der Waals surface area contributed by atoms with Crippen molar-refractivity contribution in [3.05, 3.63) is 158 Å². The minimum atomic E-state index is 0.304. The molecule has 0 amide bonds. The van der Waals surface area contributed by atoms with Gasteiger partial charge in [-0.25, -0.2) is 0 Å². The number of aromatic nitrogens is 6. The number of nitrogens with zero attached hydrogens (tertiary/aromatic N) is 6. The zero-order valence-electron chi connectivity index (χ0n) is 27.9. The Labute approximate surface area is 302 Å². The molecule has 0 aliphatic carbocycles. The Balaban J connectivity index is 1.06. The van der Waals surface area contributed by atoms with Gasteiger partial charge in [0.15, 0.2) is 0 Å². The molecule has 3 aromatic heterocycles. The van der Waals surface area contributed by atoms with Crippen molar-refractivity contribution in [3.8, 4) is 79.9 Å². The van der Waals surface area contributed by atoms with Crippen molar-refractivity contribution < 1.29 is 13.3 Å². The third kappa shape index (κ3) is 5.62. The van der Waals surface area contributed by atoms with E-state index < -0.39 is 0 Å². The quantitative estimate of drug-likeness (QED) is 0.161. The van der Waals surface area contributed by atoms with E-state index in [4.69, 9.17) is 13.3 Å². The van der Waals surface area contributed by atoms with Crippen LogP contribution in [0.4, 0.5) is 0 Å². The topological polar surface area (TPSA) is 117 Å². The molecule has 7 aromatic carbocycles. The summed E-state index contributed by atoms with van der Waals surface area (Å²) >= 11 is 0. The third-order valence-corrected chi connectivity index (χ3v) is 9.23. The van der Waals surface area contributed by atoms with Crippen LogP contribution >= 0.6 is 0 Å². The Morgan fingerprint density at radius 1 is 0.264 bits per heavy atom. The molecule has 0 aliphatic rings. The molecule has 250 valence electrons. The second kappa shape index (κ2) is 12.7. The molecule has 0 saturated heterocycles. The normalized spacial score (nSPS) is 11.4. The maximum absolute atomic E-state index is 6.34. The lowest BCUT2D eigenvalue weighted by atomic mass is 10.0. The van der Waals surface area contributed by atoms with Gasteiger partial charge < -0.3 is 13.3 Å². The van der Waals surface area contributed by atoms with E-state index in [1.54, 1.807) is 0 Å². The van der Waals surface area contributed by atoms with Crippen LogP contribution in [0.5, 0.6) is 0 Å². The summed E-state index contributed by atoms with van der Waals surface area (Å²) in [6, 6.07) is 52.1. The molecule has 0 saturated carbocycles. The summed E-state index contributed by atoms with van der Waals surface area (Å²) in [4.78, 5) is 0. The van der Waals surface area contributed by atoms with E-state index in [0.29, 0.717) is 52.0 Å². The molecule has 0 N–H and O–H groups in total. The molecule has 9 nitrogen and oxygen atoms in total. The first-order valence-electron chi connectivity index (χ1n) is 17.0. The van der Waals surface area contributed by atoms with Crippen LogP contribution in [-0.4, -0.2) is 30.6 Å². The second-order valence-electron chi connectivity index (χ2n) is 12.5. The summed E-state index contributed by atoms with van der Waals surface area (Å²) in [6.45, 7) is 0. The SMILES string of the molecule is c1ccc(-c2ccc(-c3nnc(-c4cc(-c5nnc(-c6cccc7ccccc67)o5)cc(-c5nnc(-c6cccc7ccccc67)o5)c4)o3)cc2)cc1. The predicted octanol–water partition coefficient (Wildman–Crippen LogP) is 10.8. The summed E-state index contributed by atoms with van der Waals surface area (Å²) in [6.07, 6.45) is 0. The average Bonchev–Trinajstić information content (AvgIpc) is 4.03. The number of hydrogen-bond donors (Lipinski definition) is 0. The highest BCUT2D eigenvalue weighted by Crippen LogP contribution is 2.37. The molecule has 0 aliphatic heterocycles. The van der Waals surface area contributed by atoms with Gasteiger partial charge in [0, 0.05) is 33.4 Å². The van der Waals surface area contributed by atoms with Gasteiger partial charge in [0.25, 0.3) is 0 Å². The summed E-state index contributed by atoms with van der Waals surface area (Å²) in [5, 5.41) is 30.8. The van der Waals surface area contributed by atoms with Gasteiger partial charge in [0.2, 0.25) is 35.3 Å². The molecule has 10 aromatic rings. The number of rotatable bonds is 7. The summed E-state index contributed by atoms with van der Waals surface area (Å²) in [7, 11) is 0. The van der Waals surface area contributed by atoms with Crippen molar-refractivity contribution in [1.82, 2.24) is 30.6 Å². The van der Waals surface area contributed by atoms with Gasteiger partial charge >= 0.3 is 0 Å². The van der Waals surface area contributed by atoms with E-state index in [0.717, 1.165) is 49.4 Å². The largest absolute Gasteiger partial charge is 0.416 e. The maximum Gasteiger partial charge on any atom is 0.248 e. The van der Waals surface area contributed by atoms with Crippen molar-refractivity contribution in [3.63, 3.8) is 0 Å². The highest BCUT2D eigenvalue weighted by Gasteiger charge is 2.21. The maximum atomic E-state index is 6.34. The molecular weight excluding hydrogens is 661 g/mol. The standard InChI is InChI=1S/C44H26N6O3/c1-2-10-27(11-3-1)28-20-22-31(23-21-28)39-45-46-40(51-39)32-24-33(41-47-49-43(52-41)37-18-8-14-29-12-4-6-16-35(29)37)26-34(25-32)42-48-50-44(53-42)38-19-9-15-30-13-5-7-17-36(30)38/h1-26H. The van der Waals surface area contributed by atoms with Gasteiger partial charge in [0.05, 0.1) is 0 Å². The highest BCUT2D eigenvalue weighted by molar-refractivity contribution is 5.95. The molecule has 53 heavy (non-hydrogen) atoms. The van der Waals surface area contributed by atoms with E-state index in [9.17, 15) is 0 Å². The molecule has 0 bridgehead atoms. The van der Waals surface area contributed by atoms with Gasteiger partial charge in [-0.2, -0.15) is 0 Å². The van der Waals surface area contributed by atoms with Crippen LogP contribution in [0, 0.1) is 0 Å². The van der Waals surface area contributed by atoms with Crippen molar-refractivity contribution in [2.24, 2.45) is 0 Å². The zero-order chi connectivity index (χ0) is 35.1. The van der Waals surface area contributed by atoms with Gasteiger partial charge in [0.1, 0.15) is 0 Å². The van der Waals surface area contributed by atoms with Crippen LogP contribution in [0.1, 0.15) is 0 Å². The summed E-state index contributed by atoms with van der Waals surface area (Å²) in [5.74, 6) is 2.11. The van der Waals surface area contributed by atoms with Crippen molar-refractivity contribution >= 4 is 21.5 Å². The van der Waals surface area contributed by atoms with Crippen LogP contribution in [-0.2, 0) is 0 Å². The molecule has 0 fully saturated rings. The highest BCUT2D eigenvalue weighted by atomic mass is 16.4. The monoisotopic (exact) mass is 686 g/mol. The Bertz CT molecular complexity index is 2760. The van der Waals surface area contributed by atoms with E-state index >= 15 is 0 Å². The van der Waals surface area contributed by atoms with E-state index in [1.165, 1.54) is 0 Å². The van der Waals surface area contributed by atoms with Crippen molar-refractivity contribution in [1.29, 1.82) is 0 Å².